The molecule has 1 fully saturated rings. The molecule has 4 heterocycles. The van der Waals surface area contributed by atoms with Crippen molar-refractivity contribution < 1.29 is 9.59 Å². The number of pyridine rings is 1. The van der Waals surface area contributed by atoms with Gasteiger partial charge in [0.2, 0.25) is 0 Å². The summed E-state index contributed by atoms with van der Waals surface area (Å²) in [6.45, 7) is 2.29. The lowest BCUT2D eigenvalue weighted by atomic mass is 10.1. The van der Waals surface area contributed by atoms with E-state index in [1.165, 1.54) is 0 Å². The van der Waals surface area contributed by atoms with Crippen molar-refractivity contribution in [3.05, 3.63) is 72.6 Å². The minimum Gasteiger partial charge on any atom is -0.382 e. The van der Waals surface area contributed by atoms with E-state index in [0.717, 1.165) is 24.2 Å². The largest absolute Gasteiger partial charge is 0.382 e. The Morgan fingerprint density at radius 2 is 1.92 bits per heavy atom. The second-order valence-electron chi connectivity index (χ2n) is 8.13. The predicted molar refractivity (Wildman–Crippen MR) is 143 cm³/mol. The van der Waals surface area contributed by atoms with Crippen LogP contribution in [0.4, 0.5) is 11.5 Å². The lowest BCUT2D eigenvalue weighted by molar-refractivity contribution is -0.126. The molecule has 1 atom stereocenters. The smallest absolute Gasteiger partial charge is 0.299 e. The predicted octanol–water partition coefficient (Wildman–Crippen LogP) is 3.43. The van der Waals surface area contributed by atoms with E-state index in [-0.39, 0.29) is 31.4 Å². The van der Waals surface area contributed by atoms with Gasteiger partial charge in [0, 0.05) is 36.4 Å². The van der Waals surface area contributed by atoms with E-state index >= 15 is 0 Å². The molecule has 0 saturated carbocycles. The maximum Gasteiger partial charge on any atom is 0.299 e. The van der Waals surface area contributed by atoms with Gasteiger partial charge in [-0.25, -0.2) is 9.97 Å². The number of carbonyl (C=O) groups excluding carboxylic acids is 2. The highest BCUT2D eigenvalue weighted by Gasteiger charge is 2.33. The number of benzene rings is 1. The van der Waals surface area contributed by atoms with E-state index in [1.54, 1.807) is 54.5 Å². The number of carbonyl (C=O) groups is 2. The van der Waals surface area contributed by atoms with E-state index in [2.05, 4.69) is 27.1 Å². The van der Waals surface area contributed by atoms with Gasteiger partial charge in [-0.15, -0.1) is 0 Å². The molecule has 0 radical (unpaired) electrons. The highest BCUT2D eigenvalue weighted by Crippen LogP contribution is 2.36. The summed E-state index contributed by atoms with van der Waals surface area (Å²) in [5.74, 6) is 5.91. The number of likely N-dealkylation sites (tertiary alicyclic amines) is 1. The summed E-state index contributed by atoms with van der Waals surface area (Å²) in [6.07, 6.45) is 6.67. The molecule has 4 aromatic rings. The number of rotatable bonds is 4. The number of nitrogens with one attached hydrogen (secondary N) is 1. The normalized spacial score (nSPS) is 14.6. The van der Waals surface area contributed by atoms with E-state index in [1.807, 2.05) is 22.7 Å². The zero-order valence-electron chi connectivity index (χ0n) is 19.6. The molecule has 10 heteroatoms. The fourth-order valence-corrected chi connectivity index (χ4v) is 4.38. The SMILES string of the molecule is CC#CC(=O)N1CCC[C@H]1c1nc(-c2ccc(NC(=O)c3ccccn3)cc2)c2c(N)nccn12.S. The molecule has 3 N–H and O–H groups in total. The number of aromatic nitrogens is 4. The second-order valence-corrected chi connectivity index (χ2v) is 8.13. The van der Waals surface area contributed by atoms with Gasteiger partial charge in [0.1, 0.15) is 28.5 Å². The van der Waals surface area contributed by atoms with Gasteiger partial charge in [0.15, 0.2) is 0 Å². The maximum absolute atomic E-state index is 12.6. The third-order valence-electron chi connectivity index (χ3n) is 5.97. The monoisotopic (exact) mass is 499 g/mol. The number of fused-ring (bicyclic) bond motifs is 1. The Kier molecular flexibility index (Phi) is 7.22. The highest BCUT2D eigenvalue weighted by atomic mass is 32.1. The van der Waals surface area contributed by atoms with Crippen molar-refractivity contribution in [3.8, 4) is 23.1 Å². The quantitative estimate of drug-likeness (QED) is 0.416. The van der Waals surface area contributed by atoms with Crippen molar-refractivity contribution in [2.75, 3.05) is 17.6 Å². The van der Waals surface area contributed by atoms with Crippen LogP contribution in [0.5, 0.6) is 0 Å². The molecule has 2 amide bonds. The van der Waals surface area contributed by atoms with Crippen LogP contribution in [0.3, 0.4) is 0 Å². The number of nitrogen functional groups attached to an aromatic ring is 1. The third-order valence-corrected chi connectivity index (χ3v) is 5.97. The molecule has 1 aliphatic heterocycles. The van der Waals surface area contributed by atoms with Crippen molar-refractivity contribution in [1.29, 1.82) is 0 Å². The summed E-state index contributed by atoms with van der Waals surface area (Å²) in [5.41, 5.74) is 9.39. The van der Waals surface area contributed by atoms with Gasteiger partial charge in [-0.1, -0.05) is 24.1 Å². The maximum atomic E-state index is 12.6. The molecule has 0 spiro atoms. The van der Waals surface area contributed by atoms with Gasteiger partial charge in [-0.05, 0) is 50.0 Å². The fraction of sp³-hybridized carbons (Fsp3) is 0.192. The highest BCUT2D eigenvalue weighted by molar-refractivity contribution is 7.59. The topological polar surface area (TPSA) is 119 Å². The first kappa shape index (κ1) is 24.8. The Balaban J connectivity index is 0.00000304. The Morgan fingerprint density at radius 1 is 1.11 bits per heavy atom. The summed E-state index contributed by atoms with van der Waals surface area (Å²) >= 11 is 0. The summed E-state index contributed by atoms with van der Waals surface area (Å²) < 4.78 is 1.91. The van der Waals surface area contributed by atoms with E-state index in [9.17, 15) is 9.59 Å². The van der Waals surface area contributed by atoms with Crippen LogP contribution in [-0.4, -0.2) is 42.6 Å². The van der Waals surface area contributed by atoms with Gasteiger partial charge in [-0.3, -0.25) is 19.0 Å². The number of nitrogens with zero attached hydrogens (tertiary/aromatic N) is 5. The molecule has 182 valence electrons. The first-order chi connectivity index (χ1) is 17.1. The molecule has 0 unspecified atom stereocenters. The molecule has 1 aliphatic rings. The number of nitrogens with two attached hydrogens (primary N) is 1. The van der Waals surface area contributed by atoms with E-state index in [4.69, 9.17) is 10.7 Å². The number of hydrogen-bond acceptors (Lipinski definition) is 6. The Bertz CT molecular complexity index is 1470. The zero-order chi connectivity index (χ0) is 24.4. The van der Waals surface area contributed by atoms with Crippen LogP contribution >= 0.6 is 13.5 Å². The minimum atomic E-state index is -0.289. The van der Waals surface area contributed by atoms with Gasteiger partial charge < -0.3 is 16.0 Å². The Hall–Kier alpha value is -4.36. The number of amides is 2. The molecule has 0 bridgehead atoms. The molecule has 9 nitrogen and oxygen atoms in total. The van der Waals surface area contributed by atoms with Crippen molar-refractivity contribution in [2.24, 2.45) is 0 Å². The van der Waals surface area contributed by atoms with Crippen LogP contribution in [0, 0.1) is 11.8 Å². The number of imidazole rings is 1. The third kappa shape index (κ3) is 4.61. The summed E-state index contributed by atoms with van der Waals surface area (Å²) in [6, 6.07) is 12.3. The van der Waals surface area contributed by atoms with Crippen molar-refractivity contribution in [2.45, 2.75) is 25.8 Å². The second kappa shape index (κ2) is 10.5. The standard InChI is InChI=1S/C26H23N7O2.H2S/c1-2-6-21(34)32-15-5-8-20(32)25-31-22(23-24(27)29-14-16-33(23)25)17-9-11-18(12-10-17)30-26(35)19-7-3-4-13-28-19;/h3-4,7,9-14,16,20H,5,8,15H2,1H3,(H2,27,29)(H,30,35);1H2/t20-;/m0./s1. The van der Waals surface area contributed by atoms with Crippen LogP contribution in [-0.2, 0) is 4.79 Å². The van der Waals surface area contributed by atoms with Crippen LogP contribution in [0.1, 0.15) is 42.1 Å². The van der Waals surface area contributed by atoms with Crippen molar-refractivity contribution in [1.82, 2.24) is 24.3 Å². The van der Waals surface area contributed by atoms with Crippen LogP contribution in [0.25, 0.3) is 16.8 Å². The molecule has 3 aromatic heterocycles. The van der Waals surface area contributed by atoms with Crippen molar-refractivity contribution in [3.63, 3.8) is 0 Å². The van der Waals surface area contributed by atoms with Crippen LogP contribution in [0.2, 0.25) is 0 Å². The summed E-state index contributed by atoms with van der Waals surface area (Å²) in [5, 5.41) is 2.84. The van der Waals surface area contributed by atoms with Crippen molar-refractivity contribution >= 4 is 42.3 Å². The zero-order valence-corrected chi connectivity index (χ0v) is 20.6. The first-order valence-corrected chi connectivity index (χ1v) is 11.3. The van der Waals surface area contributed by atoms with Crippen LogP contribution < -0.4 is 11.1 Å². The minimum absolute atomic E-state index is 0. The Labute approximate surface area is 215 Å². The fourth-order valence-electron chi connectivity index (χ4n) is 4.38. The lowest BCUT2D eigenvalue weighted by Crippen LogP contribution is -2.30. The van der Waals surface area contributed by atoms with Crippen LogP contribution in [0.15, 0.2) is 61.1 Å². The van der Waals surface area contributed by atoms with Gasteiger partial charge in [0.05, 0.1) is 6.04 Å². The average molecular weight is 500 g/mol. The number of hydrogen-bond donors (Lipinski definition) is 2. The van der Waals surface area contributed by atoms with E-state index in [0.29, 0.717) is 35.0 Å². The molecule has 1 aromatic carbocycles. The molecular weight excluding hydrogens is 474 g/mol. The summed E-state index contributed by atoms with van der Waals surface area (Å²) in [4.78, 5) is 40.0. The first-order valence-electron chi connectivity index (χ1n) is 11.3. The Morgan fingerprint density at radius 3 is 2.64 bits per heavy atom. The molecular formula is C26H25N7O2S. The van der Waals surface area contributed by atoms with Gasteiger partial charge >= 0.3 is 0 Å². The summed E-state index contributed by atoms with van der Waals surface area (Å²) in [7, 11) is 0. The molecule has 1 saturated heterocycles. The average Bonchev–Trinajstić information content (AvgIpc) is 3.51. The van der Waals surface area contributed by atoms with Gasteiger partial charge in [-0.2, -0.15) is 13.5 Å². The number of anilines is 2. The molecule has 5 rings (SSSR count). The van der Waals surface area contributed by atoms with Gasteiger partial charge in [0.25, 0.3) is 11.8 Å². The van der Waals surface area contributed by atoms with E-state index < -0.39 is 0 Å². The molecule has 36 heavy (non-hydrogen) atoms. The lowest BCUT2D eigenvalue weighted by Gasteiger charge is -2.21. The molecule has 0 aliphatic carbocycles.